The Balaban J connectivity index is 2.46. The van der Waals surface area contributed by atoms with Gasteiger partial charge in [-0.25, -0.2) is 0 Å². The summed E-state index contributed by atoms with van der Waals surface area (Å²) in [5, 5.41) is 3.52. The molecular weight excluding hydrogens is 200 g/mol. The average molecular weight is 228 g/mol. The van der Waals surface area contributed by atoms with E-state index < -0.39 is 0 Å². The smallest absolute Gasteiger partial charge is 0.0623 e. The van der Waals surface area contributed by atoms with Crippen LogP contribution in [0.5, 0.6) is 0 Å². The van der Waals surface area contributed by atoms with E-state index in [0.717, 1.165) is 26.3 Å². The molecule has 0 aromatic rings. The number of likely N-dealkylation sites (N-methyl/N-ethyl adjacent to an activating group) is 1. The Hall–Kier alpha value is -0.120. The highest BCUT2D eigenvalue weighted by Crippen LogP contribution is 2.21. The predicted octanol–water partition coefficient (Wildman–Crippen LogP) is 1.73. The van der Waals surface area contributed by atoms with Gasteiger partial charge in [-0.05, 0) is 33.9 Å². The molecule has 2 atom stereocenters. The van der Waals surface area contributed by atoms with Gasteiger partial charge in [0.05, 0.1) is 13.2 Å². The summed E-state index contributed by atoms with van der Waals surface area (Å²) in [6.45, 7) is 13.0. The van der Waals surface area contributed by atoms with E-state index in [-0.39, 0.29) is 0 Å². The molecule has 3 heteroatoms. The first-order valence-electron chi connectivity index (χ1n) is 6.53. The van der Waals surface area contributed by atoms with Crippen LogP contribution in [0.4, 0.5) is 0 Å². The first-order chi connectivity index (χ1) is 7.51. The van der Waals surface area contributed by atoms with E-state index in [1.54, 1.807) is 0 Å². The van der Waals surface area contributed by atoms with Crippen LogP contribution in [0.3, 0.4) is 0 Å². The summed E-state index contributed by atoms with van der Waals surface area (Å²) in [5.74, 6) is 0.635. The highest BCUT2D eigenvalue weighted by atomic mass is 16.5. The monoisotopic (exact) mass is 228 g/mol. The molecule has 1 aliphatic rings. The van der Waals surface area contributed by atoms with Gasteiger partial charge in [0, 0.05) is 24.0 Å². The molecule has 2 unspecified atom stereocenters. The number of nitrogens with one attached hydrogen (secondary N) is 1. The third-order valence-electron chi connectivity index (χ3n) is 4.07. The molecule has 16 heavy (non-hydrogen) atoms. The maximum atomic E-state index is 5.58. The fraction of sp³-hybridized carbons (Fsp3) is 1.00. The van der Waals surface area contributed by atoms with E-state index in [2.05, 4.69) is 45.0 Å². The second kappa shape index (κ2) is 5.99. The first-order valence-corrected chi connectivity index (χ1v) is 6.53. The molecule has 1 aliphatic heterocycles. The molecule has 1 N–H and O–H groups in total. The number of hydrogen-bond donors (Lipinski definition) is 1. The van der Waals surface area contributed by atoms with Crippen molar-refractivity contribution in [3.05, 3.63) is 0 Å². The fourth-order valence-electron chi connectivity index (χ4n) is 2.14. The van der Waals surface area contributed by atoms with Crippen molar-refractivity contribution in [2.75, 3.05) is 33.4 Å². The van der Waals surface area contributed by atoms with Crippen LogP contribution in [0.15, 0.2) is 0 Å². The van der Waals surface area contributed by atoms with E-state index >= 15 is 0 Å². The predicted molar refractivity (Wildman–Crippen MR) is 68.8 cm³/mol. The Morgan fingerprint density at radius 1 is 1.31 bits per heavy atom. The van der Waals surface area contributed by atoms with Gasteiger partial charge in [-0.1, -0.05) is 13.8 Å². The number of rotatable bonds is 6. The van der Waals surface area contributed by atoms with E-state index in [1.165, 1.54) is 6.42 Å². The summed E-state index contributed by atoms with van der Waals surface area (Å²) in [6, 6.07) is 0.542. The maximum Gasteiger partial charge on any atom is 0.0623 e. The molecule has 1 rings (SSSR count). The minimum absolute atomic E-state index is 0.291. The molecular formula is C13H28N2O. The SMILES string of the molecule is CCNC1COCC1CN(C)C(C)(C)CC. The molecule has 0 amide bonds. The van der Waals surface area contributed by atoms with Crippen molar-refractivity contribution in [2.45, 2.75) is 45.7 Å². The van der Waals surface area contributed by atoms with Crippen LogP contribution >= 0.6 is 0 Å². The Labute approximate surface area is 101 Å². The van der Waals surface area contributed by atoms with E-state index in [1.807, 2.05) is 0 Å². The van der Waals surface area contributed by atoms with Crippen LogP contribution < -0.4 is 5.32 Å². The molecule has 1 saturated heterocycles. The summed E-state index contributed by atoms with van der Waals surface area (Å²) < 4.78 is 5.58. The van der Waals surface area contributed by atoms with Crippen molar-refractivity contribution in [3.63, 3.8) is 0 Å². The van der Waals surface area contributed by atoms with E-state index in [9.17, 15) is 0 Å². The largest absolute Gasteiger partial charge is 0.379 e. The van der Waals surface area contributed by atoms with Gasteiger partial charge < -0.3 is 15.0 Å². The maximum absolute atomic E-state index is 5.58. The summed E-state index contributed by atoms with van der Waals surface area (Å²) in [7, 11) is 2.23. The molecule has 1 fully saturated rings. The summed E-state index contributed by atoms with van der Waals surface area (Å²) in [5.41, 5.74) is 0.291. The van der Waals surface area contributed by atoms with Crippen molar-refractivity contribution in [1.82, 2.24) is 10.2 Å². The fourth-order valence-corrected chi connectivity index (χ4v) is 2.14. The molecule has 96 valence electrons. The highest BCUT2D eigenvalue weighted by molar-refractivity contribution is 4.86. The standard InChI is InChI=1S/C13H28N2O/c1-6-13(3,4)15(5)8-11-9-16-10-12(11)14-7-2/h11-12,14H,6-10H2,1-5H3. The number of hydrogen-bond acceptors (Lipinski definition) is 3. The lowest BCUT2D eigenvalue weighted by Crippen LogP contribution is -2.47. The second-order valence-electron chi connectivity index (χ2n) is 5.51. The Morgan fingerprint density at radius 2 is 2.00 bits per heavy atom. The van der Waals surface area contributed by atoms with Crippen LogP contribution in [-0.4, -0.2) is 49.8 Å². The highest BCUT2D eigenvalue weighted by Gasteiger charge is 2.31. The van der Waals surface area contributed by atoms with Gasteiger partial charge in [-0.3, -0.25) is 0 Å². The number of ether oxygens (including phenoxy) is 1. The molecule has 3 nitrogen and oxygen atoms in total. The lowest BCUT2D eigenvalue weighted by molar-refractivity contribution is 0.114. The third-order valence-corrected chi connectivity index (χ3v) is 4.07. The minimum atomic E-state index is 0.291. The molecule has 0 bridgehead atoms. The van der Waals surface area contributed by atoms with Gasteiger partial charge in [-0.15, -0.1) is 0 Å². The summed E-state index contributed by atoms with van der Waals surface area (Å²) >= 11 is 0. The Morgan fingerprint density at radius 3 is 2.56 bits per heavy atom. The lowest BCUT2D eigenvalue weighted by atomic mass is 9.96. The Kier molecular flexibility index (Phi) is 5.22. The third kappa shape index (κ3) is 3.44. The second-order valence-corrected chi connectivity index (χ2v) is 5.51. The van der Waals surface area contributed by atoms with E-state index in [4.69, 9.17) is 4.74 Å². The first kappa shape index (κ1) is 13.9. The minimum Gasteiger partial charge on any atom is -0.379 e. The van der Waals surface area contributed by atoms with Crippen LogP contribution in [0.1, 0.15) is 34.1 Å². The quantitative estimate of drug-likeness (QED) is 0.749. The van der Waals surface area contributed by atoms with Gasteiger partial charge in [0.2, 0.25) is 0 Å². The van der Waals surface area contributed by atoms with Crippen molar-refractivity contribution in [1.29, 1.82) is 0 Å². The molecule has 0 radical (unpaired) electrons. The van der Waals surface area contributed by atoms with Crippen molar-refractivity contribution in [2.24, 2.45) is 5.92 Å². The zero-order chi connectivity index (χ0) is 12.2. The van der Waals surface area contributed by atoms with Gasteiger partial charge in [0.25, 0.3) is 0 Å². The molecule has 0 spiro atoms. The normalized spacial score (nSPS) is 26.6. The zero-order valence-electron chi connectivity index (χ0n) is 11.5. The zero-order valence-corrected chi connectivity index (χ0v) is 11.5. The summed E-state index contributed by atoms with van der Waals surface area (Å²) in [6.07, 6.45) is 1.18. The lowest BCUT2D eigenvalue weighted by Gasteiger charge is -2.37. The van der Waals surface area contributed by atoms with Gasteiger partial charge in [0.15, 0.2) is 0 Å². The molecule has 0 saturated carbocycles. The average Bonchev–Trinajstić information content (AvgIpc) is 2.66. The molecule has 0 aromatic carbocycles. The molecule has 1 heterocycles. The van der Waals surface area contributed by atoms with Crippen molar-refractivity contribution in [3.8, 4) is 0 Å². The van der Waals surface area contributed by atoms with Crippen molar-refractivity contribution < 1.29 is 4.74 Å². The van der Waals surface area contributed by atoms with Gasteiger partial charge in [0.1, 0.15) is 0 Å². The topological polar surface area (TPSA) is 24.5 Å². The van der Waals surface area contributed by atoms with Crippen LogP contribution in [0, 0.1) is 5.92 Å². The Bertz CT molecular complexity index is 206. The van der Waals surface area contributed by atoms with Gasteiger partial charge >= 0.3 is 0 Å². The van der Waals surface area contributed by atoms with Crippen LogP contribution in [-0.2, 0) is 4.74 Å². The van der Waals surface area contributed by atoms with Crippen LogP contribution in [0.2, 0.25) is 0 Å². The molecule has 0 aliphatic carbocycles. The van der Waals surface area contributed by atoms with Crippen LogP contribution in [0.25, 0.3) is 0 Å². The van der Waals surface area contributed by atoms with E-state index in [0.29, 0.717) is 17.5 Å². The summed E-state index contributed by atoms with van der Waals surface area (Å²) in [4.78, 5) is 2.47. The van der Waals surface area contributed by atoms with Gasteiger partial charge in [-0.2, -0.15) is 0 Å². The molecule has 0 aromatic heterocycles. The number of nitrogens with zero attached hydrogens (tertiary/aromatic N) is 1. The van der Waals surface area contributed by atoms with Crippen molar-refractivity contribution >= 4 is 0 Å².